The molecule has 1 aromatic heterocycles. The van der Waals surface area contributed by atoms with Gasteiger partial charge in [-0.2, -0.15) is 0 Å². The van der Waals surface area contributed by atoms with Crippen LogP contribution in [0.3, 0.4) is 0 Å². The first kappa shape index (κ1) is 54.0. The first-order chi connectivity index (χ1) is 34.4. The summed E-state index contributed by atoms with van der Waals surface area (Å²) >= 11 is 0. The number of fused-ring (bicyclic) bond motifs is 1. The van der Waals surface area contributed by atoms with Gasteiger partial charge in [-0.3, -0.25) is 38.6 Å². The normalized spacial score (nSPS) is 20.2. The smallest absolute Gasteiger partial charge is 0.326 e. The number of carboxylic acids is 1. The largest absolute Gasteiger partial charge is 0.508 e. The summed E-state index contributed by atoms with van der Waals surface area (Å²) in [6.45, 7) is 1.14. The molecule has 7 amide bonds. The Morgan fingerprint density at radius 3 is 1.83 bits per heavy atom. The molecule has 4 heterocycles. The topological polar surface area (TPSA) is 382 Å². The number of H-pyrrole nitrogens is 1. The van der Waals surface area contributed by atoms with Gasteiger partial charge in [0.1, 0.15) is 54.1 Å². The minimum Gasteiger partial charge on any atom is -0.508 e. The Labute approximate surface area is 415 Å². The highest BCUT2D eigenvalue weighted by atomic mass is 16.4. The van der Waals surface area contributed by atoms with Gasteiger partial charge in [-0.05, 0) is 87.6 Å². The number of hydrogen-bond acceptors (Lipinski definition) is 13. The third kappa shape index (κ3) is 13.3. The number of hydrogen-bond donors (Lipinski definition) is 12. The van der Waals surface area contributed by atoms with E-state index in [0.717, 1.165) is 10.9 Å². The second-order valence-corrected chi connectivity index (χ2v) is 18.5. The van der Waals surface area contributed by atoms with E-state index in [-0.39, 0.29) is 76.4 Å². The van der Waals surface area contributed by atoms with Gasteiger partial charge >= 0.3 is 5.97 Å². The number of benzene rings is 2. The van der Waals surface area contributed by atoms with E-state index in [4.69, 9.17) is 17.2 Å². The van der Waals surface area contributed by atoms with E-state index in [2.05, 4.69) is 31.2 Å². The van der Waals surface area contributed by atoms with Crippen LogP contribution in [0.5, 0.6) is 5.75 Å². The van der Waals surface area contributed by atoms with Gasteiger partial charge in [-0.15, -0.1) is 0 Å². The molecule has 3 aliphatic rings. The number of carbonyl (C=O) groups is 8. The standard InChI is InChI=1S/C48H66N12O12/c1-26(62)39(43(67)56-35(47(71)72)22-27-14-16-29(63)17-15-27)57-42(66)38-13-7-20-59(38)45(69)33(10-4-18-52-48(50)51)54-40(64)37-12-6-21-60(37)46(70)34(23-28-24-53-32-9-3-2-8-30(28)32)55-41(65)36-11-5-19-58(36)44(68)31(49)25-61/h2-3,8-9,14-17,24,26,31,33-39,53,61-63H,4-7,10-13,18-23,25,49H2,1H3,(H,54,64)(H,55,65)(H,56,67)(H,57,66)(H,71,72)(H4,50,51,52)/t26-,31+,33+,34+,35+,36+,37+,38+,39+/m1/s1. The van der Waals surface area contributed by atoms with Crippen molar-refractivity contribution in [1.29, 1.82) is 0 Å². The molecule has 390 valence electrons. The highest BCUT2D eigenvalue weighted by Gasteiger charge is 2.44. The zero-order valence-corrected chi connectivity index (χ0v) is 40.1. The van der Waals surface area contributed by atoms with E-state index in [1.807, 2.05) is 24.3 Å². The molecule has 0 spiro atoms. The Morgan fingerprint density at radius 1 is 0.736 bits per heavy atom. The lowest BCUT2D eigenvalue weighted by Gasteiger charge is -2.33. The van der Waals surface area contributed by atoms with Crippen molar-refractivity contribution in [3.05, 3.63) is 65.9 Å². The van der Waals surface area contributed by atoms with E-state index in [1.165, 1.54) is 45.9 Å². The summed E-state index contributed by atoms with van der Waals surface area (Å²) in [6.07, 6.45) is 2.16. The molecule has 3 aliphatic heterocycles. The number of carbonyl (C=O) groups excluding carboxylic acids is 7. The summed E-state index contributed by atoms with van der Waals surface area (Å²) in [5.74, 6) is -6.53. The molecule has 6 rings (SSSR count). The monoisotopic (exact) mass is 1000 g/mol. The summed E-state index contributed by atoms with van der Waals surface area (Å²) < 4.78 is 0. The number of nitrogens with two attached hydrogens (primary N) is 3. The number of para-hydroxylation sites is 1. The number of aliphatic hydroxyl groups excluding tert-OH is 2. The van der Waals surface area contributed by atoms with Gasteiger partial charge in [-0.1, -0.05) is 30.3 Å². The number of aliphatic carboxylic acids is 1. The maximum absolute atomic E-state index is 14.8. The predicted octanol–water partition coefficient (Wildman–Crippen LogP) is -2.59. The highest BCUT2D eigenvalue weighted by Crippen LogP contribution is 2.26. The Morgan fingerprint density at radius 2 is 1.28 bits per heavy atom. The zero-order valence-electron chi connectivity index (χ0n) is 40.1. The van der Waals surface area contributed by atoms with Crippen LogP contribution in [-0.4, -0.2) is 181 Å². The van der Waals surface area contributed by atoms with E-state index in [1.54, 1.807) is 6.20 Å². The van der Waals surface area contributed by atoms with Crippen molar-refractivity contribution in [3.63, 3.8) is 0 Å². The van der Waals surface area contributed by atoms with Crippen LogP contribution < -0.4 is 38.5 Å². The lowest BCUT2D eigenvalue weighted by Crippen LogP contribution is -2.61. The van der Waals surface area contributed by atoms with E-state index in [9.17, 15) is 58.8 Å². The van der Waals surface area contributed by atoms with Crippen molar-refractivity contribution >= 4 is 64.2 Å². The van der Waals surface area contributed by atoms with Crippen LogP contribution in [0.1, 0.15) is 69.4 Å². The Hall–Kier alpha value is -7.31. The number of likely N-dealkylation sites (tertiary alicyclic amines) is 3. The molecule has 24 nitrogen and oxygen atoms in total. The van der Waals surface area contributed by atoms with Crippen LogP contribution in [0, 0.1) is 0 Å². The summed E-state index contributed by atoms with van der Waals surface area (Å²) in [7, 11) is 0. The van der Waals surface area contributed by atoms with Crippen molar-refractivity contribution in [2.75, 3.05) is 32.8 Å². The molecule has 24 heteroatoms. The summed E-state index contributed by atoms with van der Waals surface area (Å²) in [5, 5.41) is 51.0. The van der Waals surface area contributed by atoms with Crippen molar-refractivity contribution in [3.8, 4) is 5.75 Å². The SMILES string of the molecule is C[C@@H](O)[C@H](NC(=O)[C@@H]1CCCN1C(=O)[C@H](CCCN=C(N)N)NC(=O)[C@@H]1CCCN1C(=O)[C@H](Cc1c[nH]c2ccccc12)NC(=O)[C@@H]1CCCN1C(=O)[C@@H](N)CO)C(=O)N[C@@H](Cc1ccc(O)cc1)C(=O)O. The van der Waals surface area contributed by atoms with Crippen LogP contribution in [0.4, 0.5) is 0 Å². The van der Waals surface area contributed by atoms with Crippen LogP contribution in [0.2, 0.25) is 0 Å². The maximum atomic E-state index is 14.8. The Bertz CT molecular complexity index is 2480. The fourth-order valence-corrected chi connectivity index (χ4v) is 9.60. The number of guanidine groups is 1. The highest BCUT2D eigenvalue weighted by molar-refractivity contribution is 5.98. The molecule has 0 unspecified atom stereocenters. The third-order valence-corrected chi connectivity index (χ3v) is 13.4. The number of nitrogens with one attached hydrogen (secondary N) is 5. The number of rotatable bonds is 22. The zero-order chi connectivity index (χ0) is 52.2. The van der Waals surface area contributed by atoms with Crippen LogP contribution >= 0.6 is 0 Å². The van der Waals surface area contributed by atoms with Gasteiger partial charge in [0, 0.05) is 56.1 Å². The number of aromatic nitrogens is 1. The first-order valence-electron chi connectivity index (χ1n) is 24.2. The van der Waals surface area contributed by atoms with Gasteiger partial charge < -0.3 is 78.6 Å². The average molecular weight is 1000 g/mol. The van der Waals surface area contributed by atoms with Gasteiger partial charge in [0.15, 0.2) is 5.96 Å². The third-order valence-electron chi connectivity index (χ3n) is 13.4. The number of aliphatic imine (C=N–C) groups is 1. The van der Waals surface area contributed by atoms with Crippen LogP contribution in [0.15, 0.2) is 59.7 Å². The van der Waals surface area contributed by atoms with Gasteiger partial charge in [-0.25, -0.2) is 4.79 Å². The fraction of sp³-hybridized carbons (Fsp3) is 0.521. The van der Waals surface area contributed by atoms with Gasteiger partial charge in [0.2, 0.25) is 41.4 Å². The van der Waals surface area contributed by atoms with Crippen molar-refractivity contribution in [2.45, 2.75) is 126 Å². The number of carboxylic acid groups (broad SMARTS) is 1. The lowest BCUT2D eigenvalue weighted by atomic mass is 10.0. The van der Waals surface area contributed by atoms with E-state index < -0.39 is 108 Å². The molecular weight excluding hydrogens is 937 g/mol. The molecule has 3 aromatic rings. The van der Waals surface area contributed by atoms with Crippen LogP contribution in [0.25, 0.3) is 10.9 Å². The minimum absolute atomic E-state index is 0.00103. The van der Waals surface area contributed by atoms with Gasteiger partial charge in [0.05, 0.1) is 12.7 Å². The summed E-state index contributed by atoms with van der Waals surface area (Å²) in [4.78, 5) is 122. The molecule has 0 aliphatic carbocycles. The molecule has 3 saturated heterocycles. The second kappa shape index (κ2) is 24.7. The fourth-order valence-electron chi connectivity index (χ4n) is 9.60. The Balaban J connectivity index is 1.18. The Kier molecular flexibility index (Phi) is 18.5. The minimum atomic E-state index is -1.63. The van der Waals surface area contributed by atoms with Gasteiger partial charge in [0.25, 0.3) is 0 Å². The quantitative estimate of drug-likeness (QED) is 0.0279. The summed E-state index contributed by atoms with van der Waals surface area (Å²) in [6, 6.07) is 3.07. The number of aliphatic hydroxyl groups is 2. The van der Waals surface area contributed by atoms with Crippen molar-refractivity contribution in [2.24, 2.45) is 22.2 Å². The average Bonchev–Trinajstić information content (AvgIpc) is 4.21. The molecule has 0 bridgehead atoms. The number of phenols is 1. The van der Waals surface area contributed by atoms with E-state index in [0.29, 0.717) is 36.8 Å². The first-order valence-corrected chi connectivity index (χ1v) is 24.2. The summed E-state index contributed by atoms with van der Waals surface area (Å²) in [5.41, 5.74) is 18.9. The number of nitrogens with zero attached hydrogens (tertiary/aromatic N) is 4. The van der Waals surface area contributed by atoms with Crippen molar-refractivity contribution in [1.82, 2.24) is 41.0 Å². The second-order valence-electron chi connectivity index (χ2n) is 18.5. The number of phenolic OH excluding ortho intramolecular Hbond substituents is 1. The molecule has 72 heavy (non-hydrogen) atoms. The lowest BCUT2D eigenvalue weighted by molar-refractivity contribution is -0.146. The molecular formula is C48H66N12O12. The van der Waals surface area contributed by atoms with E-state index >= 15 is 0 Å². The molecule has 0 radical (unpaired) electrons. The molecule has 9 atom stereocenters. The maximum Gasteiger partial charge on any atom is 0.326 e. The predicted molar refractivity (Wildman–Crippen MR) is 260 cm³/mol. The number of amides is 7. The van der Waals surface area contributed by atoms with Crippen LogP contribution in [-0.2, 0) is 51.2 Å². The molecule has 2 aromatic carbocycles. The molecule has 15 N–H and O–H groups in total. The molecule has 0 saturated carbocycles. The number of aromatic hydroxyl groups is 1. The molecule has 3 fully saturated rings. The number of aromatic amines is 1. The van der Waals surface area contributed by atoms with Crippen molar-refractivity contribution < 1.29 is 58.8 Å².